The molecular formula is C22H29Cl2N3O. The molecule has 0 spiro atoms. The van der Waals surface area contributed by atoms with E-state index in [0.717, 1.165) is 54.5 Å². The van der Waals surface area contributed by atoms with Gasteiger partial charge < -0.3 is 10.2 Å². The number of hydrogen-bond acceptors (Lipinski definition) is 3. The van der Waals surface area contributed by atoms with Crippen LogP contribution >= 0.6 is 24.8 Å². The number of halogens is 2. The Balaban J connectivity index is 0.00000112. The van der Waals surface area contributed by atoms with Gasteiger partial charge in [0, 0.05) is 35.6 Å². The average molecular weight is 422 g/mol. The Morgan fingerprint density at radius 1 is 1.04 bits per heavy atom. The summed E-state index contributed by atoms with van der Waals surface area (Å²) in [5, 5.41) is 4.54. The van der Waals surface area contributed by atoms with Crippen molar-refractivity contribution in [3.8, 4) is 0 Å². The Kier molecular flexibility index (Phi) is 6.23. The smallest absolute Gasteiger partial charge is 0.255 e. The van der Waals surface area contributed by atoms with Gasteiger partial charge in [0.15, 0.2) is 0 Å². The molecule has 2 bridgehead atoms. The number of fused-ring (bicyclic) bond motifs is 3. The zero-order chi connectivity index (χ0) is 17.8. The molecule has 2 atom stereocenters. The zero-order valence-corrected chi connectivity index (χ0v) is 18.2. The quantitative estimate of drug-likeness (QED) is 0.773. The Bertz CT molecular complexity index is 883. The van der Waals surface area contributed by atoms with E-state index in [0.29, 0.717) is 18.0 Å². The molecule has 2 aliphatic heterocycles. The number of carbonyl (C=O) groups excluding carboxylic acids is 1. The van der Waals surface area contributed by atoms with Gasteiger partial charge in [-0.15, -0.1) is 24.8 Å². The number of rotatable bonds is 2. The number of nitrogens with one attached hydrogen (secondary N) is 1. The van der Waals surface area contributed by atoms with E-state index in [1.807, 2.05) is 0 Å². The summed E-state index contributed by atoms with van der Waals surface area (Å²) in [7, 11) is 0. The van der Waals surface area contributed by atoms with Gasteiger partial charge in [-0.3, -0.25) is 9.78 Å². The highest BCUT2D eigenvalue weighted by Crippen LogP contribution is 2.41. The second-order valence-electron chi connectivity index (χ2n) is 8.44. The summed E-state index contributed by atoms with van der Waals surface area (Å²) in [6.07, 6.45) is 5.75. The van der Waals surface area contributed by atoms with Crippen LogP contribution in [0.1, 0.15) is 65.2 Å². The fourth-order valence-electron chi connectivity index (χ4n) is 4.92. The first-order chi connectivity index (χ1) is 12.6. The molecule has 2 saturated heterocycles. The van der Waals surface area contributed by atoms with Crippen molar-refractivity contribution < 1.29 is 4.79 Å². The van der Waals surface area contributed by atoms with Crippen molar-refractivity contribution in [3.05, 3.63) is 40.6 Å². The average Bonchev–Trinajstić information content (AvgIpc) is 3.38. The highest BCUT2D eigenvalue weighted by Gasteiger charge is 2.39. The summed E-state index contributed by atoms with van der Waals surface area (Å²) in [6, 6.07) is 7.17. The van der Waals surface area contributed by atoms with Crippen LogP contribution in [-0.2, 0) is 0 Å². The van der Waals surface area contributed by atoms with Gasteiger partial charge in [0.05, 0.1) is 11.1 Å². The summed E-state index contributed by atoms with van der Waals surface area (Å²) in [5.74, 6) is 0.773. The summed E-state index contributed by atoms with van der Waals surface area (Å²) in [5.41, 5.74) is 5.39. The number of hydrogen-bond donors (Lipinski definition) is 1. The van der Waals surface area contributed by atoms with Crippen LogP contribution in [0.2, 0.25) is 0 Å². The SMILES string of the molecule is Cc1cc(C)c2nc(C3CC3)cc(C(=O)N3C4CCNCC3CC4)c2c1.Cl.Cl. The van der Waals surface area contributed by atoms with Crippen LogP contribution in [-0.4, -0.2) is 41.0 Å². The van der Waals surface area contributed by atoms with Crippen LogP contribution in [0.3, 0.4) is 0 Å². The van der Waals surface area contributed by atoms with Crippen molar-refractivity contribution in [2.45, 2.75) is 64.0 Å². The van der Waals surface area contributed by atoms with E-state index in [1.165, 1.54) is 24.0 Å². The topological polar surface area (TPSA) is 45.2 Å². The molecule has 2 unspecified atom stereocenters. The summed E-state index contributed by atoms with van der Waals surface area (Å²) >= 11 is 0. The first-order valence-corrected chi connectivity index (χ1v) is 10.1. The van der Waals surface area contributed by atoms with Gasteiger partial charge in [0.2, 0.25) is 0 Å². The van der Waals surface area contributed by atoms with E-state index in [9.17, 15) is 4.79 Å². The summed E-state index contributed by atoms with van der Waals surface area (Å²) in [4.78, 5) is 20.9. The van der Waals surface area contributed by atoms with Gasteiger partial charge in [0.1, 0.15) is 0 Å². The van der Waals surface area contributed by atoms with Crippen molar-refractivity contribution >= 4 is 41.6 Å². The third-order valence-corrected chi connectivity index (χ3v) is 6.38. The van der Waals surface area contributed by atoms with Crippen LogP contribution in [0.15, 0.2) is 18.2 Å². The highest BCUT2D eigenvalue weighted by atomic mass is 35.5. The minimum absolute atomic E-state index is 0. The highest BCUT2D eigenvalue weighted by molar-refractivity contribution is 6.07. The van der Waals surface area contributed by atoms with Crippen molar-refractivity contribution in [2.24, 2.45) is 0 Å². The Morgan fingerprint density at radius 2 is 1.79 bits per heavy atom. The third kappa shape index (κ3) is 3.62. The lowest BCUT2D eigenvalue weighted by Crippen LogP contribution is -2.42. The number of benzene rings is 1. The number of amides is 1. The largest absolute Gasteiger partial charge is 0.331 e. The van der Waals surface area contributed by atoms with Gasteiger partial charge in [0.25, 0.3) is 5.91 Å². The van der Waals surface area contributed by atoms with Gasteiger partial charge in [-0.2, -0.15) is 0 Å². The number of aromatic nitrogens is 1. The van der Waals surface area contributed by atoms with Crippen molar-refractivity contribution in [1.29, 1.82) is 0 Å². The summed E-state index contributed by atoms with van der Waals surface area (Å²) < 4.78 is 0. The predicted octanol–water partition coefficient (Wildman–Crippen LogP) is 4.54. The van der Waals surface area contributed by atoms with E-state index >= 15 is 0 Å². The van der Waals surface area contributed by atoms with E-state index in [-0.39, 0.29) is 30.7 Å². The second kappa shape index (κ2) is 8.17. The molecule has 152 valence electrons. The van der Waals surface area contributed by atoms with Gasteiger partial charge in [-0.1, -0.05) is 11.6 Å². The molecule has 28 heavy (non-hydrogen) atoms. The molecule has 1 aromatic carbocycles. The molecular weight excluding hydrogens is 393 g/mol. The van der Waals surface area contributed by atoms with E-state index in [1.54, 1.807) is 0 Å². The minimum atomic E-state index is 0. The first-order valence-electron chi connectivity index (χ1n) is 10.1. The molecule has 1 amide bonds. The van der Waals surface area contributed by atoms with Crippen LogP contribution in [0.4, 0.5) is 0 Å². The number of carbonyl (C=O) groups is 1. The van der Waals surface area contributed by atoms with Crippen LogP contribution in [0, 0.1) is 13.8 Å². The van der Waals surface area contributed by atoms with Gasteiger partial charge in [-0.05, 0) is 70.2 Å². The predicted molar refractivity (Wildman–Crippen MR) is 118 cm³/mol. The van der Waals surface area contributed by atoms with E-state index in [2.05, 4.69) is 42.3 Å². The Labute approximate surface area is 179 Å². The zero-order valence-electron chi connectivity index (χ0n) is 16.5. The standard InChI is InChI=1S/C22H27N3O.2ClH/c1-13-9-14(2)21-18(10-13)19(11-20(24-21)15-3-4-15)22(26)25-16-5-6-17(25)12-23-8-7-16;;/h9-11,15-17,23H,3-8,12H2,1-2H3;2*1H. The maximum atomic E-state index is 13.7. The maximum absolute atomic E-state index is 13.7. The molecule has 1 N–H and O–H groups in total. The van der Waals surface area contributed by atoms with Crippen molar-refractivity contribution in [1.82, 2.24) is 15.2 Å². The van der Waals surface area contributed by atoms with Crippen LogP contribution < -0.4 is 5.32 Å². The fourth-order valence-corrected chi connectivity index (χ4v) is 4.92. The van der Waals surface area contributed by atoms with Gasteiger partial charge >= 0.3 is 0 Å². The van der Waals surface area contributed by atoms with Crippen LogP contribution in [0.5, 0.6) is 0 Å². The first kappa shape index (κ1) is 21.4. The number of aryl methyl sites for hydroxylation is 2. The molecule has 6 heteroatoms. The molecule has 1 saturated carbocycles. The van der Waals surface area contributed by atoms with Crippen molar-refractivity contribution in [3.63, 3.8) is 0 Å². The lowest BCUT2D eigenvalue weighted by atomic mass is 9.99. The molecule has 4 nitrogen and oxygen atoms in total. The maximum Gasteiger partial charge on any atom is 0.255 e. The lowest BCUT2D eigenvalue weighted by molar-refractivity contribution is 0.0682. The van der Waals surface area contributed by atoms with Crippen LogP contribution in [0.25, 0.3) is 10.9 Å². The minimum Gasteiger partial charge on any atom is -0.331 e. The Hall–Kier alpha value is -1.36. The lowest BCUT2D eigenvalue weighted by Gasteiger charge is -2.28. The van der Waals surface area contributed by atoms with Gasteiger partial charge in [-0.25, -0.2) is 0 Å². The third-order valence-electron chi connectivity index (χ3n) is 6.38. The Morgan fingerprint density at radius 3 is 2.54 bits per heavy atom. The molecule has 1 aromatic heterocycles. The van der Waals surface area contributed by atoms with Crippen molar-refractivity contribution in [2.75, 3.05) is 13.1 Å². The molecule has 2 aromatic rings. The molecule has 1 aliphatic carbocycles. The van der Waals surface area contributed by atoms with E-state index < -0.39 is 0 Å². The molecule has 0 radical (unpaired) electrons. The molecule has 3 fully saturated rings. The molecule has 3 heterocycles. The summed E-state index contributed by atoms with van der Waals surface area (Å²) in [6.45, 7) is 6.17. The van der Waals surface area contributed by atoms with E-state index in [4.69, 9.17) is 4.98 Å². The number of pyridine rings is 1. The fraction of sp³-hybridized carbons (Fsp3) is 0.545. The normalized spacial score (nSPS) is 23.7. The molecule has 5 rings (SSSR count). The monoisotopic (exact) mass is 421 g/mol. The second-order valence-corrected chi connectivity index (χ2v) is 8.44. The number of nitrogens with zero attached hydrogens (tertiary/aromatic N) is 2. The molecule has 3 aliphatic rings.